The predicted octanol–water partition coefficient (Wildman–Crippen LogP) is 3.33. The van der Waals surface area contributed by atoms with E-state index >= 15 is 0 Å². The van der Waals surface area contributed by atoms with Gasteiger partial charge in [-0.25, -0.2) is 9.97 Å². The van der Waals surface area contributed by atoms with Crippen LogP contribution in [0.15, 0.2) is 23.2 Å². The molecular formula is C15H19N5S2. The van der Waals surface area contributed by atoms with E-state index in [1.807, 2.05) is 26.4 Å². The number of hydrogen-bond acceptors (Lipinski definition) is 6. The van der Waals surface area contributed by atoms with Gasteiger partial charge in [-0.3, -0.25) is 4.68 Å². The van der Waals surface area contributed by atoms with E-state index in [4.69, 9.17) is 0 Å². The Morgan fingerprint density at radius 3 is 2.68 bits per heavy atom. The van der Waals surface area contributed by atoms with Crippen molar-refractivity contribution in [2.75, 3.05) is 0 Å². The third-order valence-electron chi connectivity index (χ3n) is 3.37. The van der Waals surface area contributed by atoms with Crippen molar-refractivity contribution in [1.82, 2.24) is 25.1 Å². The van der Waals surface area contributed by atoms with E-state index in [1.165, 1.54) is 0 Å². The third kappa shape index (κ3) is 3.26. The first-order valence-electron chi connectivity index (χ1n) is 7.05. The number of hydrogen-bond donors (Lipinski definition) is 1. The Morgan fingerprint density at radius 2 is 2.05 bits per heavy atom. The average Bonchev–Trinajstić information content (AvgIpc) is 3.16. The second-order valence-corrected chi connectivity index (χ2v) is 7.54. The molecule has 0 aliphatic rings. The van der Waals surface area contributed by atoms with Crippen LogP contribution in [0.3, 0.4) is 0 Å². The maximum atomic E-state index is 4.68. The monoisotopic (exact) mass is 333 g/mol. The molecule has 0 aliphatic heterocycles. The highest BCUT2D eigenvalue weighted by Gasteiger charge is 2.23. The highest BCUT2D eigenvalue weighted by Crippen LogP contribution is 2.26. The highest BCUT2D eigenvalue weighted by atomic mass is 32.1. The van der Waals surface area contributed by atoms with Crippen molar-refractivity contribution >= 4 is 22.7 Å². The van der Waals surface area contributed by atoms with Gasteiger partial charge < -0.3 is 5.32 Å². The van der Waals surface area contributed by atoms with Crippen molar-refractivity contribution < 1.29 is 0 Å². The van der Waals surface area contributed by atoms with Crippen molar-refractivity contribution in [2.24, 2.45) is 7.05 Å². The lowest BCUT2D eigenvalue weighted by atomic mass is 10.1. The van der Waals surface area contributed by atoms with Gasteiger partial charge >= 0.3 is 0 Å². The second kappa shape index (κ2) is 5.91. The van der Waals surface area contributed by atoms with Gasteiger partial charge in [0.1, 0.15) is 10.0 Å². The fourth-order valence-electron chi connectivity index (χ4n) is 2.08. The number of rotatable bonds is 5. The Labute approximate surface area is 138 Å². The van der Waals surface area contributed by atoms with Gasteiger partial charge in [0.05, 0.1) is 17.4 Å². The first-order valence-corrected chi connectivity index (χ1v) is 8.81. The summed E-state index contributed by atoms with van der Waals surface area (Å²) < 4.78 is 1.79. The molecule has 116 valence electrons. The van der Waals surface area contributed by atoms with Crippen LogP contribution in [0, 0.1) is 6.92 Å². The molecule has 0 saturated heterocycles. The van der Waals surface area contributed by atoms with Gasteiger partial charge in [0.25, 0.3) is 0 Å². The largest absolute Gasteiger partial charge is 0.300 e. The summed E-state index contributed by atoms with van der Waals surface area (Å²) in [4.78, 5) is 9.26. The summed E-state index contributed by atoms with van der Waals surface area (Å²) in [7, 11) is 1.91. The molecule has 0 fully saturated rings. The molecule has 0 radical (unpaired) electrons. The van der Waals surface area contributed by atoms with Crippen LogP contribution in [0.1, 0.15) is 30.2 Å². The molecular weight excluding hydrogens is 314 g/mol. The van der Waals surface area contributed by atoms with Crippen LogP contribution >= 0.6 is 22.7 Å². The zero-order valence-corrected chi connectivity index (χ0v) is 14.8. The number of nitrogens with one attached hydrogen (secondary N) is 1. The van der Waals surface area contributed by atoms with Crippen LogP contribution in [-0.4, -0.2) is 19.7 Å². The van der Waals surface area contributed by atoms with Crippen LogP contribution in [0.2, 0.25) is 0 Å². The van der Waals surface area contributed by atoms with Gasteiger partial charge in [-0.1, -0.05) is 0 Å². The van der Waals surface area contributed by atoms with E-state index in [0.29, 0.717) is 0 Å². The van der Waals surface area contributed by atoms with E-state index in [1.54, 1.807) is 27.4 Å². The van der Waals surface area contributed by atoms with Crippen molar-refractivity contribution in [1.29, 1.82) is 0 Å². The van der Waals surface area contributed by atoms with E-state index in [9.17, 15) is 0 Å². The van der Waals surface area contributed by atoms with Crippen molar-refractivity contribution in [2.45, 2.75) is 32.9 Å². The molecule has 7 heteroatoms. The molecule has 0 unspecified atom stereocenters. The maximum Gasteiger partial charge on any atom is 0.126 e. The molecule has 1 N–H and O–H groups in total. The molecule has 0 bridgehead atoms. The van der Waals surface area contributed by atoms with E-state index in [0.717, 1.165) is 33.5 Å². The second-order valence-electron chi connectivity index (χ2n) is 5.82. The predicted molar refractivity (Wildman–Crippen MR) is 91.0 cm³/mol. The van der Waals surface area contributed by atoms with Gasteiger partial charge in [0.15, 0.2) is 0 Å². The zero-order chi connectivity index (χ0) is 15.7. The lowest BCUT2D eigenvalue weighted by Gasteiger charge is -2.23. The summed E-state index contributed by atoms with van der Waals surface area (Å²) in [6.07, 6.45) is 3.83. The summed E-state index contributed by atoms with van der Waals surface area (Å²) in [5.41, 5.74) is 3.03. The van der Waals surface area contributed by atoms with Crippen molar-refractivity contribution in [3.63, 3.8) is 0 Å². The summed E-state index contributed by atoms with van der Waals surface area (Å²) in [6.45, 7) is 7.05. The zero-order valence-electron chi connectivity index (χ0n) is 13.1. The van der Waals surface area contributed by atoms with Crippen LogP contribution in [0.4, 0.5) is 0 Å². The molecule has 3 aromatic heterocycles. The van der Waals surface area contributed by atoms with Gasteiger partial charge in [0.2, 0.25) is 0 Å². The molecule has 3 rings (SSSR count). The lowest BCUT2D eigenvalue weighted by molar-refractivity contribution is 0.397. The normalized spacial score (nSPS) is 12.0. The quantitative estimate of drug-likeness (QED) is 0.778. The van der Waals surface area contributed by atoms with Gasteiger partial charge in [-0.05, 0) is 20.8 Å². The fourth-order valence-corrected chi connectivity index (χ4v) is 3.77. The lowest BCUT2D eigenvalue weighted by Crippen LogP contribution is -2.36. The van der Waals surface area contributed by atoms with Crippen molar-refractivity contribution in [3.05, 3.63) is 39.5 Å². The molecule has 0 aliphatic carbocycles. The first kappa shape index (κ1) is 15.3. The van der Waals surface area contributed by atoms with Crippen molar-refractivity contribution in [3.8, 4) is 10.6 Å². The van der Waals surface area contributed by atoms with Gasteiger partial charge in [-0.15, -0.1) is 22.7 Å². The molecule has 3 heterocycles. The molecule has 0 atom stereocenters. The minimum absolute atomic E-state index is 0.156. The summed E-state index contributed by atoms with van der Waals surface area (Å²) in [6, 6.07) is 0. The number of aromatic nitrogens is 4. The Balaban J connectivity index is 1.68. The van der Waals surface area contributed by atoms with Gasteiger partial charge in [0, 0.05) is 41.8 Å². The number of nitrogens with zero attached hydrogens (tertiary/aromatic N) is 4. The van der Waals surface area contributed by atoms with Crippen LogP contribution in [0.5, 0.6) is 0 Å². The Morgan fingerprint density at radius 1 is 1.23 bits per heavy atom. The number of thiazole rings is 2. The molecule has 0 aromatic carbocycles. The van der Waals surface area contributed by atoms with Crippen LogP contribution in [-0.2, 0) is 19.1 Å². The van der Waals surface area contributed by atoms with Crippen LogP contribution < -0.4 is 5.32 Å². The Bertz CT molecular complexity index is 768. The molecule has 0 saturated carbocycles. The standard InChI is InChI=1S/C15H19N5S2/c1-10-8-22-14(18-10)15(2,3)16-6-12-9-21-13(19-12)11-5-17-20(4)7-11/h5,7-9,16H,6H2,1-4H3. The van der Waals surface area contributed by atoms with E-state index in [-0.39, 0.29) is 5.54 Å². The molecule has 0 spiro atoms. The average molecular weight is 333 g/mol. The molecule has 0 amide bonds. The smallest absolute Gasteiger partial charge is 0.126 e. The van der Waals surface area contributed by atoms with Gasteiger partial charge in [-0.2, -0.15) is 5.10 Å². The SMILES string of the molecule is Cc1csc(C(C)(C)NCc2csc(-c3cnn(C)c3)n2)n1. The Hall–Kier alpha value is -1.57. The minimum atomic E-state index is -0.156. The third-order valence-corrected chi connectivity index (χ3v) is 5.59. The van der Waals surface area contributed by atoms with E-state index < -0.39 is 0 Å². The topological polar surface area (TPSA) is 55.6 Å². The number of aryl methyl sites for hydroxylation is 2. The molecule has 5 nitrogen and oxygen atoms in total. The minimum Gasteiger partial charge on any atom is -0.300 e. The molecule has 22 heavy (non-hydrogen) atoms. The first-order chi connectivity index (χ1) is 10.4. The van der Waals surface area contributed by atoms with Crippen LogP contribution in [0.25, 0.3) is 10.6 Å². The molecule has 3 aromatic rings. The highest BCUT2D eigenvalue weighted by molar-refractivity contribution is 7.13. The Kier molecular flexibility index (Phi) is 4.12. The summed E-state index contributed by atoms with van der Waals surface area (Å²) in [5, 5.41) is 14.0. The maximum absolute atomic E-state index is 4.68. The fraction of sp³-hybridized carbons (Fsp3) is 0.400. The summed E-state index contributed by atoms with van der Waals surface area (Å²) in [5.74, 6) is 0. The summed E-state index contributed by atoms with van der Waals surface area (Å²) >= 11 is 3.34. The van der Waals surface area contributed by atoms with E-state index in [2.05, 4.69) is 45.0 Å².